The van der Waals surface area contributed by atoms with Gasteiger partial charge in [0, 0.05) is 19.3 Å². The molecule has 0 amide bonds. The Morgan fingerprint density at radius 3 is 2.17 bits per heavy atom. The highest BCUT2D eigenvalue weighted by atomic mass is 16.4. The van der Waals surface area contributed by atoms with Crippen LogP contribution in [0.4, 0.5) is 0 Å². The van der Waals surface area contributed by atoms with Crippen LogP contribution in [0.25, 0.3) is 0 Å². The maximum atomic E-state index is 10.8. The van der Waals surface area contributed by atoms with Crippen LogP contribution < -0.4 is 0 Å². The third-order valence-electron chi connectivity index (χ3n) is 1.74. The van der Waals surface area contributed by atoms with Gasteiger partial charge in [0.1, 0.15) is 5.78 Å². The number of carbonyl (C=O) groups excluding carboxylic acids is 1. The molecule has 1 N–H and O–H groups in total. The molecule has 0 saturated heterocycles. The number of unbranched alkanes of at least 4 members (excludes halogenated alkanes) is 2. The molecular formula is C9H16O3. The topological polar surface area (TPSA) is 54.4 Å². The summed E-state index contributed by atoms with van der Waals surface area (Å²) in [6, 6.07) is 0. The van der Waals surface area contributed by atoms with Crippen LogP contribution >= 0.6 is 0 Å². The molecule has 0 aliphatic carbocycles. The lowest BCUT2D eigenvalue weighted by Crippen LogP contribution is -1.96. The van der Waals surface area contributed by atoms with E-state index in [0.29, 0.717) is 19.3 Å². The Hall–Kier alpha value is -0.860. The van der Waals surface area contributed by atoms with E-state index in [1.165, 1.54) is 0 Å². The van der Waals surface area contributed by atoms with Crippen LogP contribution in [0, 0.1) is 0 Å². The molecule has 0 bridgehead atoms. The molecule has 0 aromatic carbocycles. The van der Waals surface area contributed by atoms with E-state index in [-0.39, 0.29) is 12.2 Å². The zero-order chi connectivity index (χ0) is 9.40. The monoisotopic (exact) mass is 172 g/mol. The number of carbonyl (C=O) groups is 2. The van der Waals surface area contributed by atoms with Crippen molar-refractivity contribution in [1.29, 1.82) is 0 Å². The quantitative estimate of drug-likeness (QED) is 0.597. The highest BCUT2D eigenvalue weighted by molar-refractivity contribution is 5.77. The maximum absolute atomic E-state index is 10.8. The van der Waals surface area contributed by atoms with Gasteiger partial charge in [-0.05, 0) is 12.8 Å². The first-order valence-corrected chi connectivity index (χ1v) is 4.40. The largest absolute Gasteiger partial charge is 0.481 e. The van der Waals surface area contributed by atoms with Gasteiger partial charge < -0.3 is 5.11 Å². The second kappa shape index (κ2) is 6.83. The molecule has 0 fully saturated rings. The zero-order valence-corrected chi connectivity index (χ0v) is 7.51. The second-order valence-corrected chi connectivity index (χ2v) is 2.85. The lowest BCUT2D eigenvalue weighted by atomic mass is 10.1. The average Bonchev–Trinajstić information content (AvgIpc) is 2.03. The first-order valence-electron chi connectivity index (χ1n) is 4.40. The molecule has 3 nitrogen and oxygen atoms in total. The first-order chi connectivity index (χ1) is 5.66. The van der Waals surface area contributed by atoms with Crippen molar-refractivity contribution in [2.75, 3.05) is 0 Å². The third kappa shape index (κ3) is 7.25. The number of rotatable bonds is 7. The molecule has 0 heterocycles. The molecule has 0 aliphatic heterocycles. The SMILES string of the molecule is CCC(=O)CCCCCC(=O)O. The standard InChI is InChI=1S/C9H16O3/c1-2-8(10)6-4-3-5-7-9(11)12/h2-7H2,1H3,(H,11,12). The number of hydrogen-bond donors (Lipinski definition) is 1. The van der Waals surface area contributed by atoms with Crippen molar-refractivity contribution in [2.24, 2.45) is 0 Å². The fraction of sp³-hybridized carbons (Fsp3) is 0.778. The van der Waals surface area contributed by atoms with Gasteiger partial charge in [-0.25, -0.2) is 0 Å². The fourth-order valence-electron chi connectivity index (χ4n) is 0.952. The van der Waals surface area contributed by atoms with Gasteiger partial charge in [-0.3, -0.25) is 9.59 Å². The van der Waals surface area contributed by atoms with E-state index >= 15 is 0 Å². The molecule has 0 aromatic rings. The molecule has 3 heteroatoms. The van der Waals surface area contributed by atoms with Crippen molar-refractivity contribution >= 4 is 11.8 Å². The van der Waals surface area contributed by atoms with Crippen molar-refractivity contribution < 1.29 is 14.7 Å². The summed E-state index contributed by atoms with van der Waals surface area (Å²) in [6.07, 6.45) is 3.79. The summed E-state index contributed by atoms with van der Waals surface area (Å²) in [5.74, 6) is -0.484. The van der Waals surface area contributed by atoms with Gasteiger partial charge in [-0.2, -0.15) is 0 Å². The minimum atomic E-state index is -0.753. The Bertz CT molecular complexity index is 152. The van der Waals surface area contributed by atoms with Crippen LogP contribution in [0.3, 0.4) is 0 Å². The summed E-state index contributed by atoms with van der Waals surface area (Å²) < 4.78 is 0. The van der Waals surface area contributed by atoms with Crippen LogP contribution in [0.1, 0.15) is 45.4 Å². The van der Waals surface area contributed by atoms with Crippen LogP contribution in [0.5, 0.6) is 0 Å². The number of ketones is 1. The lowest BCUT2D eigenvalue weighted by Gasteiger charge is -1.96. The van der Waals surface area contributed by atoms with Crippen molar-refractivity contribution in [3.05, 3.63) is 0 Å². The summed E-state index contributed by atoms with van der Waals surface area (Å²) >= 11 is 0. The smallest absolute Gasteiger partial charge is 0.303 e. The van der Waals surface area contributed by atoms with Crippen LogP contribution in [-0.4, -0.2) is 16.9 Å². The van der Waals surface area contributed by atoms with Crippen molar-refractivity contribution in [3.8, 4) is 0 Å². The lowest BCUT2D eigenvalue weighted by molar-refractivity contribution is -0.137. The molecule has 12 heavy (non-hydrogen) atoms. The van der Waals surface area contributed by atoms with Gasteiger partial charge in [0.25, 0.3) is 0 Å². The molecule has 0 saturated carbocycles. The summed E-state index contributed by atoms with van der Waals surface area (Å²) in [5, 5.41) is 8.30. The van der Waals surface area contributed by atoms with Gasteiger partial charge in [-0.15, -0.1) is 0 Å². The highest BCUT2D eigenvalue weighted by Crippen LogP contribution is 2.04. The van der Waals surface area contributed by atoms with Gasteiger partial charge >= 0.3 is 5.97 Å². The molecular weight excluding hydrogens is 156 g/mol. The molecule has 0 rings (SSSR count). The summed E-state index contributed by atoms with van der Waals surface area (Å²) in [6.45, 7) is 1.85. The molecule has 0 aliphatic rings. The van der Waals surface area contributed by atoms with Crippen LogP contribution in [-0.2, 0) is 9.59 Å². The van der Waals surface area contributed by atoms with Crippen molar-refractivity contribution in [2.45, 2.75) is 45.4 Å². The predicted molar refractivity (Wildman–Crippen MR) is 46.0 cm³/mol. The van der Waals surface area contributed by atoms with Crippen molar-refractivity contribution in [3.63, 3.8) is 0 Å². The van der Waals surface area contributed by atoms with Gasteiger partial charge in [0.15, 0.2) is 0 Å². The normalized spacial score (nSPS) is 9.75. The molecule has 0 aromatic heterocycles. The van der Waals surface area contributed by atoms with Crippen molar-refractivity contribution in [1.82, 2.24) is 0 Å². The van der Waals surface area contributed by atoms with Crippen LogP contribution in [0.2, 0.25) is 0 Å². The average molecular weight is 172 g/mol. The summed E-state index contributed by atoms with van der Waals surface area (Å²) in [4.78, 5) is 20.9. The molecule has 0 unspecified atom stereocenters. The Balaban J connectivity index is 3.11. The zero-order valence-electron chi connectivity index (χ0n) is 7.51. The first kappa shape index (κ1) is 11.1. The van der Waals surface area contributed by atoms with Gasteiger partial charge in [-0.1, -0.05) is 13.3 Å². The van der Waals surface area contributed by atoms with E-state index in [1.54, 1.807) is 0 Å². The Morgan fingerprint density at radius 2 is 1.67 bits per heavy atom. The summed E-state index contributed by atoms with van der Waals surface area (Å²) in [7, 11) is 0. The van der Waals surface area contributed by atoms with E-state index in [2.05, 4.69) is 0 Å². The van der Waals surface area contributed by atoms with Gasteiger partial charge in [0.05, 0.1) is 0 Å². The minimum Gasteiger partial charge on any atom is -0.481 e. The number of hydrogen-bond acceptors (Lipinski definition) is 2. The third-order valence-corrected chi connectivity index (χ3v) is 1.74. The maximum Gasteiger partial charge on any atom is 0.303 e. The Morgan fingerprint density at radius 1 is 1.08 bits per heavy atom. The van der Waals surface area contributed by atoms with Gasteiger partial charge in [0.2, 0.25) is 0 Å². The Kier molecular flexibility index (Phi) is 6.34. The van der Waals surface area contributed by atoms with E-state index in [0.717, 1.165) is 12.8 Å². The number of Topliss-reactive ketones (excluding diaryl/α,β-unsaturated/α-hetero) is 1. The molecule has 0 radical (unpaired) electrons. The minimum absolute atomic E-state index is 0.223. The number of carboxylic acids is 1. The Labute approximate surface area is 72.8 Å². The summed E-state index contributed by atoms with van der Waals surface area (Å²) in [5.41, 5.74) is 0. The molecule has 0 spiro atoms. The van der Waals surface area contributed by atoms with E-state index < -0.39 is 5.97 Å². The second-order valence-electron chi connectivity index (χ2n) is 2.85. The highest BCUT2D eigenvalue weighted by Gasteiger charge is 1.99. The van der Waals surface area contributed by atoms with E-state index in [1.807, 2.05) is 6.92 Å². The number of carboxylic acid groups (broad SMARTS) is 1. The van der Waals surface area contributed by atoms with E-state index in [4.69, 9.17) is 5.11 Å². The fourth-order valence-corrected chi connectivity index (χ4v) is 0.952. The molecule has 0 atom stereocenters. The molecule has 70 valence electrons. The van der Waals surface area contributed by atoms with Crippen LogP contribution in [0.15, 0.2) is 0 Å². The van der Waals surface area contributed by atoms with E-state index in [9.17, 15) is 9.59 Å². The number of aliphatic carboxylic acids is 1. The predicted octanol–water partition coefficient (Wildman–Crippen LogP) is 2.00.